The summed E-state index contributed by atoms with van der Waals surface area (Å²) in [7, 11) is 1.91. The van der Waals surface area contributed by atoms with Crippen molar-refractivity contribution in [2.24, 2.45) is 5.92 Å². The van der Waals surface area contributed by atoms with Crippen molar-refractivity contribution in [1.82, 2.24) is 15.5 Å². The molecule has 20 heavy (non-hydrogen) atoms. The van der Waals surface area contributed by atoms with Gasteiger partial charge < -0.3 is 20.6 Å². The van der Waals surface area contributed by atoms with Crippen LogP contribution in [0.1, 0.15) is 38.5 Å². The van der Waals surface area contributed by atoms with E-state index < -0.39 is 11.5 Å². The van der Waals surface area contributed by atoms with E-state index in [4.69, 9.17) is 0 Å². The number of nitrogens with one attached hydrogen (secondary N) is 2. The van der Waals surface area contributed by atoms with Gasteiger partial charge in [0.15, 0.2) is 0 Å². The minimum Gasteiger partial charge on any atom is -0.480 e. The van der Waals surface area contributed by atoms with E-state index in [1.807, 2.05) is 7.05 Å². The average Bonchev–Trinajstić information content (AvgIpc) is 2.89. The molecule has 3 N–H and O–H groups in total. The highest BCUT2D eigenvalue weighted by Crippen LogP contribution is 2.30. The van der Waals surface area contributed by atoms with Crippen molar-refractivity contribution in [3.8, 4) is 0 Å². The lowest BCUT2D eigenvalue weighted by molar-refractivity contribution is -0.144. The third kappa shape index (κ3) is 3.23. The summed E-state index contributed by atoms with van der Waals surface area (Å²) in [5.74, 6) is -0.434. The predicted octanol–water partition coefficient (Wildman–Crippen LogP) is 1.02. The van der Waals surface area contributed by atoms with Crippen molar-refractivity contribution in [3.05, 3.63) is 0 Å². The molecule has 0 aromatic rings. The van der Waals surface area contributed by atoms with E-state index in [0.717, 1.165) is 38.8 Å². The smallest absolute Gasteiger partial charge is 0.329 e. The Labute approximate surface area is 119 Å². The molecule has 0 aromatic carbocycles. The Kier molecular flexibility index (Phi) is 4.86. The fraction of sp³-hybridized carbons (Fsp3) is 0.857. The van der Waals surface area contributed by atoms with Crippen LogP contribution in [-0.4, -0.2) is 54.2 Å². The molecule has 1 saturated heterocycles. The number of piperidine rings is 1. The van der Waals surface area contributed by atoms with Gasteiger partial charge in [0.1, 0.15) is 5.54 Å². The number of nitrogens with zero attached hydrogens (tertiary/aromatic N) is 1. The second-order valence-electron chi connectivity index (χ2n) is 6.04. The number of rotatable bonds is 4. The molecule has 1 aliphatic heterocycles. The van der Waals surface area contributed by atoms with Crippen LogP contribution in [0.3, 0.4) is 0 Å². The SMILES string of the molecule is CNCC1CCCN(C(=O)NC2(C(=O)O)CCCC2)C1. The summed E-state index contributed by atoms with van der Waals surface area (Å²) in [6.07, 6.45) is 4.93. The third-order valence-electron chi connectivity index (χ3n) is 4.51. The highest BCUT2D eigenvalue weighted by molar-refractivity contribution is 5.86. The van der Waals surface area contributed by atoms with Crippen LogP contribution in [0.4, 0.5) is 4.79 Å². The van der Waals surface area contributed by atoms with Crippen molar-refractivity contribution in [1.29, 1.82) is 0 Å². The van der Waals surface area contributed by atoms with Gasteiger partial charge in [-0.3, -0.25) is 0 Å². The summed E-state index contributed by atoms with van der Waals surface area (Å²) < 4.78 is 0. The first-order valence-corrected chi connectivity index (χ1v) is 7.52. The van der Waals surface area contributed by atoms with Crippen LogP contribution >= 0.6 is 0 Å². The fourth-order valence-electron chi connectivity index (χ4n) is 3.36. The molecule has 0 radical (unpaired) electrons. The summed E-state index contributed by atoms with van der Waals surface area (Å²) in [5.41, 5.74) is -1.03. The number of carboxylic acid groups (broad SMARTS) is 1. The third-order valence-corrected chi connectivity index (χ3v) is 4.51. The molecule has 6 nitrogen and oxygen atoms in total. The number of aliphatic carboxylic acids is 1. The van der Waals surface area contributed by atoms with E-state index in [1.54, 1.807) is 4.90 Å². The molecule has 1 heterocycles. The zero-order valence-electron chi connectivity index (χ0n) is 12.2. The Balaban J connectivity index is 1.95. The standard InChI is InChI=1S/C14H25N3O3/c1-15-9-11-5-4-8-17(10-11)13(20)16-14(12(18)19)6-2-3-7-14/h11,15H,2-10H2,1H3,(H,16,20)(H,18,19). The van der Waals surface area contributed by atoms with Crippen molar-refractivity contribution in [2.75, 3.05) is 26.7 Å². The summed E-state index contributed by atoms with van der Waals surface area (Å²) >= 11 is 0. The molecule has 114 valence electrons. The Morgan fingerprint density at radius 1 is 1.30 bits per heavy atom. The van der Waals surface area contributed by atoms with E-state index >= 15 is 0 Å². The Morgan fingerprint density at radius 3 is 2.60 bits per heavy atom. The lowest BCUT2D eigenvalue weighted by Crippen LogP contribution is -2.58. The molecule has 1 aliphatic carbocycles. The topological polar surface area (TPSA) is 81.7 Å². The van der Waals surface area contributed by atoms with Crippen LogP contribution in [0.5, 0.6) is 0 Å². The first kappa shape index (κ1) is 15.1. The van der Waals surface area contributed by atoms with Crippen LogP contribution < -0.4 is 10.6 Å². The zero-order valence-corrected chi connectivity index (χ0v) is 12.2. The Bertz CT molecular complexity index is 365. The van der Waals surface area contributed by atoms with Crippen LogP contribution in [0.15, 0.2) is 0 Å². The predicted molar refractivity (Wildman–Crippen MR) is 75.6 cm³/mol. The van der Waals surface area contributed by atoms with Gasteiger partial charge in [0.2, 0.25) is 0 Å². The minimum atomic E-state index is -1.03. The van der Waals surface area contributed by atoms with Gasteiger partial charge in [-0.05, 0) is 45.2 Å². The quantitative estimate of drug-likeness (QED) is 0.719. The lowest BCUT2D eigenvalue weighted by Gasteiger charge is -2.35. The molecule has 1 unspecified atom stereocenters. The monoisotopic (exact) mass is 283 g/mol. The average molecular weight is 283 g/mol. The van der Waals surface area contributed by atoms with Gasteiger partial charge in [0.05, 0.1) is 0 Å². The van der Waals surface area contributed by atoms with Crippen LogP contribution in [0, 0.1) is 5.92 Å². The molecule has 2 aliphatic rings. The molecule has 0 bridgehead atoms. The molecule has 0 aromatic heterocycles. The number of carbonyl (C=O) groups excluding carboxylic acids is 1. The van der Waals surface area contributed by atoms with Crippen LogP contribution in [-0.2, 0) is 4.79 Å². The van der Waals surface area contributed by atoms with E-state index in [0.29, 0.717) is 25.3 Å². The number of carboxylic acids is 1. The second-order valence-corrected chi connectivity index (χ2v) is 6.04. The summed E-state index contributed by atoms with van der Waals surface area (Å²) in [6.45, 7) is 2.33. The minimum absolute atomic E-state index is 0.213. The second kappa shape index (κ2) is 6.43. The molecular weight excluding hydrogens is 258 g/mol. The maximum Gasteiger partial charge on any atom is 0.329 e. The van der Waals surface area contributed by atoms with Gasteiger partial charge in [0, 0.05) is 13.1 Å². The van der Waals surface area contributed by atoms with Gasteiger partial charge in [-0.1, -0.05) is 12.8 Å². The van der Waals surface area contributed by atoms with E-state index in [9.17, 15) is 14.7 Å². The molecule has 2 fully saturated rings. The maximum absolute atomic E-state index is 12.3. The van der Waals surface area contributed by atoms with E-state index in [-0.39, 0.29) is 6.03 Å². The molecular formula is C14H25N3O3. The fourth-order valence-corrected chi connectivity index (χ4v) is 3.36. The Morgan fingerprint density at radius 2 is 2.00 bits per heavy atom. The molecule has 1 atom stereocenters. The van der Waals surface area contributed by atoms with Gasteiger partial charge in [0.25, 0.3) is 0 Å². The van der Waals surface area contributed by atoms with E-state index in [2.05, 4.69) is 10.6 Å². The molecule has 2 rings (SSSR count). The van der Waals surface area contributed by atoms with Crippen molar-refractivity contribution < 1.29 is 14.7 Å². The molecule has 6 heteroatoms. The summed E-state index contributed by atoms with van der Waals surface area (Å²) in [4.78, 5) is 25.6. The number of hydrogen-bond donors (Lipinski definition) is 3. The highest BCUT2D eigenvalue weighted by Gasteiger charge is 2.43. The number of hydrogen-bond acceptors (Lipinski definition) is 3. The van der Waals surface area contributed by atoms with E-state index in [1.165, 1.54) is 0 Å². The Hall–Kier alpha value is -1.30. The van der Waals surface area contributed by atoms with Gasteiger partial charge in [-0.25, -0.2) is 9.59 Å². The van der Waals surface area contributed by atoms with Crippen LogP contribution in [0.25, 0.3) is 0 Å². The first-order chi connectivity index (χ1) is 9.57. The molecule has 0 spiro atoms. The summed E-state index contributed by atoms with van der Waals surface area (Å²) in [5, 5.41) is 15.3. The maximum atomic E-state index is 12.3. The number of carbonyl (C=O) groups is 2. The van der Waals surface area contributed by atoms with Gasteiger partial charge in [-0.15, -0.1) is 0 Å². The number of amides is 2. The number of urea groups is 1. The van der Waals surface area contributed by atoms with Gasteiger partial charge in [-0.2, -0.15) is 0 Å². The number of likely N-dealkylation sites (tertiary alicyclic amines) is 1. The molecule has 1 saturated carbocycles. The van der Waals surface area contributed by atoms with Crippen molar-refractivity contribution in [3.63, 3.8) is 0 Å². The normalized spacial score (nSPS) is 25.4. The molecule has 2 amide bonds. The highest BCUT2D eigenvalue weighted by atomic mass is 16.4. The summed E-state index contributed by atoms with van der Waals surface area (Å²) in [6, 6.07) is -0.213. The van der Waals surface area contributed by atoms with Crippen LogP contribution in [0.2, 0.25) is 0 Å². The largest absolute Gasteiger partial charge is 0.480 e. The first-order valence-electron chi connectivity index (χ1n) is 7.52. The zero-order chi connectivity index (χ0) is 14.6. The van der Waals surface area contributed by atoms with Gasteiger partial charge >= 0.3 is 12.0 Å². The van der Waals surface area contributed by atoms with Crippen molar-refractivity contribution >= 4 is 12.0 Å². The lowest BCUT2D eigenvalue weighted by atomic mass is 9.96. The van der Waals surface area contributed by atoms with Crippen molar-refractivity contribution in [2.45, 2.75) is 44.1 Å².